The summed E-state index contributed by atoms with van der Waals surface area (Å²) in [4.78, 5) is 29.4. The van der Waals surface area contributed by atoms with E-state index >= 15 is 0 Å². The van der Waals surface area contributed by atoms with Crippen LogP contribution in [-0.2, 0) is 9.53 Å². The minimum Gasteiger partial charge on any atom is -0.469 e. The van der Waals surface area contributed by atoms with Crippen molar-refractivity contribution in [2.75, 3.05) is 7.11 Å². The van der Waals surface area contributed by atoms with E-state index in [-0.39, 0.29) is 18.4 Å². The van der Waals surface area contributed by atoms with Gasteiger partial charge in [-0.1, -0.05) is 30.3 Å². The SMILES string of the molecule is COC(=O)CC(NC(=O)c1cc2cnn(C(C)C)c2nc1C)c1ccccc1. The lowest BCUT2D eigenvalue weighted by atomic mass is 10.0. The average molecular weight is 380 g/mol. The van der Waals surface area contributed by atoms with Gasteiger partial charge in [0.05, 0.1) is 37.0 Å². The molecule has 0 saturated carbocycles. The molecule has 1 atom stereocenters. The highest BCUT2D eigenvalue weighted by atomic mass is 16.5. The number of hydrogen-bond acceptors (Lipinski definition) is 5. The molecule has 0 aliphatic heterocycles. The highest BCUT2D eigenvalue weighted by Crippen LogP contribution is 2.22. The van der Waals surface area contributed by atoms with Gasteiger partial charge in [-0.05, 0) is 32.4 Å². The van der Waals surface area contributed by atoms with Crippen LogP contribution in [0.1, 0.15) is 54.0 Å². The number of esters is 1. The van der Waals surface area contributed by atoms with Crippen LogP contribution in [0.2, 0.25) is 0 Å². The van der Waals surface area contributed by atoms with Crippen LogP contribution in [0.4, 0.5) is 0 Å². The molecule has 1 amide bonds. The summed E-state index contributed by atoms with van der Waals surface area (Å²) >= 11 is 0. The quantitative estimate of drug-likeness (QED) is 0.663. The molecule has 0 bridgehead atoms. The second kappa shape index (κ2) is 8.21. The van der Waals surface area contributed by atoms with E-state index in [9.17, 15) is 9.59 Å². The minimum atomic E-state index is -0.491. The van der Waals surface area contributed by atoms with Gasteiger partial charge in [0.2, 0.25) is 0 Å². The molecule has 2 heterocycles. The van der Waals surface area contributed by atoms with Crippen LogP contribution >= 0.6 is 0 Å². The van der Waals surface area contributed by atoms with Crippen LogP contribution in [0.5, 0.6) is 0 Å². The number of pyridine rings is 1. The van der Waals surface area contributed by atoms with E-state index in [4.69, 9.17) is 4.74 Å². The van der Waals surface area contributed by atoms with Crippen molar-refractivity contribution in [1.82, 2.24) is 20.1 Å². The molecule has 146 valence electrons. The Morgan fingerprint density at radius 3 is 2.57 bits per heavy atom. The highest BCUT2D eigenvalue weighted by Gasteiger charge is 2.22. The highest BCUT2D eigenvalue weighted by molar-refractivity contribution is 5.98. The molecule has 28 heavy (non-hydrogen) atoms. The van der Waals surface area contributed by atoms with Gasteiger partial charge in [0.1, 0.15) is 0 Å². The lowest BCUT2D eigenvalue weighted by Crippen LogP contribution is -2.31. The first kappa shape index (κ1) is 19.5. The van der Waals surface area contributed by atoms with Crippen LogP contribution in [0.25, 0.3) is 11.0 Å². The predicted octanol–water partition coefficient (Wildman–Crippen LogP) is 3.35. The van der Waals surface area contributed by atoms with E-state index in [0.29, 0.717) is 11.3 Å². The van der Waals surface area contributed by atoms with Gasteiger partial charge in [0.25, 0.3) is 5.91 Å². The van der Waals surface area contributed by atoms with E-state index in [1.165, 1.54) is 7.11 Å². The third-order valence-electron chi connectivity index (χ3n) is 4.60. The summed E-state index contributed by atoms with van der Waals surface area (Å²) < 4.78 is 6.61. The standard InChI is InChI=1S/C21H24N4O3/c1-13(2)25-20-16(12-22-25)10-17(14(3)23-20)21(27)24-18(11-19(26)28-4)15-8-6-5-7-9-15/h5-10,12-13,18H,11H2,1-4H3,(H,24,27). The van der Waals surface area contributed by atoms with Gasteiger partial charge in [0.15, 0.2) is 5.65 Å². The summed E-state index contributed by atoms with van der Waals surface area (Å²) in [6.45, 7) is 5.85. The third kappa shape index (κ3) is 4.03. The molecular weight excluding hydrogens is 356 g/mol. The Morgan fingerprint density at radius 1 is 1.21 bits per heavy atom. The monoisotopic (exact) mass is 380 g/mol. The molecule has 0 saturated heterocycles. The van der Waals surface area contributed by atoms with Gasteiger partial charge in [-0.25, -0.2) is 9.67 Å². The fourth-order valence-corrected chi connectivity index (χ4v) is 3.10. The van der Waals surface area contributed by atoms with Gasteiger partial charge >= 0.3 is 5.97 Å². The molecule has 0 aliphatic rings. The lowest BCUT2D eigenvalue weighted by Gasteiger charge is -2.19. The van der Waals surface area contributed by atoms with E-state index in [2.05, 4.69) is 15.4 Å². The van der Waals surface area contributed by atoms with Crippen LogP contribution in [0.3, 0.4) is 0 Å². The van der Waals surface area contributed by atoms with Crippen LogP contribution in [0, 0.1) is 6.92 Å². The summed E-state index contributed by atoms with van der Waals surface area (Å²) in [6.07, 6.45) is 1.76. The van der Waals surface area contributed by atoms with Crippen LogP contribution in [0.15, 0.2) is 42.6 Å². The number of benzene rings is 1. The molecule has 3 rings (SSSR count). The Morgan fingerprint density at radius 2 is 1.93 bits per heavy atom. The zero-order valence-corrected chi connectivity index (χ0v) is 16.5. The largest absolute Gasteiger partial charge is 0.469 e. The van der Waals surface area contributed by atoms with Gasteiger partial charge in [-0.15, -0.1) is 0 Å². The normalized spacial score (nSPS) is 12.2. The Kier molecular flexibility index (Phi) is 5.73. The molecule has 1 aromatic carbocycles. The number of methoxy groups -OCH3 is 1. The number of ether oxygens (including phenoxy) is 1. The Labute approximate surface area is 163 Å². The second-order valence-electron chi connectivity index (χ2n) is 6.93. The zero-order chi connectivity index (χ0) is 20.3. The average Bonchev–Trinajstić information content (AvgIpc) is 3.10. The van der Waals surface area contributed by atoms with Gasteiger partial charge in [0, 0.05) is 11.4 Å². The van der Waals surface area contributed by atoms with Crippen molar-refractivity contribution >= 4 is 22.9 Å². The van der Waals surface area contributed by atoms with Gasteiger partial charge in [-0.2, -0.15) is 5.10 Å². The number of aryl methyl sites for hydroxylation is 1. The molecular formula is C21H24N4O3. The molecule has 2 aromatic heterocycles. The number of fused-ring (bicyclic) bond motifs is 1. The van der Waals surface area contributed by atoms with Crippen molar-refractivity contribution in [3.8, 4) is 0 Å². The van der Waals surface area contributed by atoms with E-state index < -0.39 is 12.0 Å². The van der Waals surface area contributed by atoms with Crippen molar-refractivity contribution in [2.45, 2.75) is 39.3 Å². The number of aromatic nitrogens is 3. The number of carbonyl (C=O) groups is 2. The molecule has 0 spiro atoms. The number of amides is 1. The third-order valence-corrected chi connectivity index (χ3v) is 4.60. The molecule has 0 radical (unpaired) electrons. The van der Waals surface area contributed by atoms with Gasteiger partial charge < -0.3 is 10.1 Å². The minimum absolute atomic E-state index is 0.0479. The Balaban J connectivity index is 1.91. The maximum atomic E-state index is 13.0. The molecule has 7 nitrogen and oxygen atoms in total. The smallest absolute Gasteiger partial charge is 0.307 e. The zero-order valence-electron chi connectivity index (χ0n) is 16.5. The number of nitrogens with zero attached hydrogens (tertiary/aromatic N) is 3. The van der Waals surface area contributed by atoms with Crippen molar-refractivity contribution in [3.63, 3.8) is 0 Å². The van der Waals surface area contributed by atoms with Crippen molar-refractivity contribution < 1.29 is 14.3 Å². The summed E-state index contributed by atoms with van der Waals surface area (Å²) in [6, 6.07) is 10.8. The summed E-state index contributed by atoms with van der Waals surface area (Å²) in [5.41, 5.74) is 2.65. The molecule has 1 N–H and O–H groups in total. The number of rotatable bonds is 6. The Bertz CT molecular complexity index is 996. The maximum Gasteiger partial charge on any atom is 0.307 e. The number of carbonyl (C=O) groups excluding carboxylic acids is 2. The van der Waals surface area contributed by atoms with E-state index in [0.717, 1.165) is 16.6 Å². The second-order valence-corrected chi connectivity index (χ2v) is 6.93. The summed E-state index contributed by atoms with van der Waals surface area (Å²) in [7, 11) is 1.33. The lowest BCUT2D eigenvalue weighted by molar-refractivity contribution is -0.141. The van der Waals surface area contributed by atoms with Crippen molar-refractivity contribution in [2.24, 2.45) is 0 Å². The van der Waals surface area contributed by atoms with Gasteiger partial charge in [-0.3, -0.25) is 9.59 Å². The molecule has 7 heteroatoms. The molecule has 0 fully saturated rings. The summed E-state index contributed by atoms with van der Waals surface area (Å²) in [5.74, 6) is -0.681. The maximum absolute atomic E-state index is 13.0. The number of hydrogen-bond donors (Lipinski definition) is 1. The van der Waals surface area contributed by atoms with Crippen molar-refractivity contribution in [1.29, 1.82) is 0 Å². The van der Waals surface area contributed by atoms with Crippen molar-refractivity contribution in [3.05, 3.63) is 59.4 Å². The fourth-order valence-electron chi connectivity index (χ4n) is 3.10. The first-order valence-electron chi connectivity index (χ1n) is 9.18. The molecule has 3 aromatic rings. The van der Waals surface area contributed by atoms with E-state index in [1.807, 2.05) is 48.9 Å². The topological polar surface area (TPSA) is 86.1 Å². The first-order chi connectivity index (χ1) is 13.4. The molecule has 0 aliphatic carbocycles. The molecule has 1 unspecified atom stereocenters. The predicted molar refractivity (Wildman–Crippen MR) is 106 cm³/mol. The fraction of sp³-hybridized carbons (Fsp3) is 0.333. The van der Waals surface area contributed by atoms with Crippen LogP contribution in [-0.4, -0.2) is 33.8 Å². The van der Waals surface area contributed by atoms with E-state index in [1.54, 1.807) is 19.2 Å². The first-order valence-corrected chi connectivity index (χ1v) is 9.18. The summed E-state index contributed by atoms with van der Waals surface area (Å²) in [5, 5.41) is 8.10. The van der Waals surface area contributed by atoms with Crippen LogP contribution < -0.4 is 5.32 Å². The Hall–Kier alpha value is -3.22. The number of nitrogens with one attached hydrogen (secondary N) is 1.